The van der Waals surface area contributed by atoms with Crippen LogP contribution in [-0.2, 0) is 5.75 Å². The van der Waals surface area contributed by atoms with Crippen molar-refractivity contribution >= 4 is 17.7 Å². The van der Waals surface area contributed by atoms with Crippen LogP contribution in [0, 0.1) is 0 Å². The molecule has 0 aliphatic heterocycles. The number of carboxylic acid groups (broad SMARTS) is 1. The van der Waals surface area contributed by atoms with Crippen molar-refractivity contribution in [2.45, 2.75) is 5.75 Å². The van der Waals surface area contributed by atoms with Gasteiger partial charge in [0.15, 0.2) is 0 Å². The quantitative estimate of drug-likeness (QED) is 0.744. The minimum absolute atomic E-state index is 0.242. The Morgan fingerprint density at radius 1 is 1.91 bits per heavy atom. The Hall–Kier alpha value is -0.970. The molecular weight excluding hydrogens is 166 g/mol. The first-order valence-corrected chi connectivity index (χ1v) is 4.30. The van der Waals surface area contributed by atoms with Crippen molar-refractivity contribution in [3.8, 4) is 0 Å². The summed E-state index contributed by atoms with van der Waals surface area (Å²) in [4.78, 5) is 13.8. The van der Waals surface area contributed by atoms with Gasteiger partial charge in [-0.05, 0) is 6.26 Å². The van der Waals surface area contributed by atoms with Crippen molar-refractivity contribution < 1.29 is 14.3 Å². The molecule has 0 radical (unpaired) electrons. The van der Waals surface area contributed by atoms with E-state index < -0.39 is 5.97 Å². The van der Waals surface area contributed by atoms with Crippen LogP contribution in [0.1, 0.15) is 16.4 Å². The number of thioether (sulfide) groups is 1. The van der Waals surface area contributed by atoms with E-state index >= 15 is 0 Å². The molecule has 0 amide bonds. The van der Waals surface area contributed by atoms with E-state index in [9.17, 15) is 4.79 Å². The normalized spacial score (nSPS) is 9.91. The molecule has 5 heteroatoms. The molecular formula is C6H7NO3S. The summed E-state index contributed by atoms with van der Waals surface area (Å²) in [5, 5.41) is 8.40. The van der Waals surface area contributed by atoms with Gasteiger partial charge < -0.3 is 9.52 Å². The van der Waals surface area contributed by atoms with Crippen LogP contribution in [-0.4, -0.2) is 22.3 Å². The van der Waals surface area contributed by atoms with Crippen LogP contribution >= 0.6 is 11.8 Å². The molecule has 11 heavy (non-hydrogen) atoms. The third-order valence-corrected chi connectivity index (χ3v) is 1.60. The van der Waals surface area contributed by atoms with E-state index in [0.29, 0.717) is 11.5 Å². The molecule has 60 valence electrons. The second kappa shape index (κ2) is 3.43. The highest BCUT2D eigenvalue weighted by Crippen LogP contribution is 2.09. The van der Waals surface area contributed by atoms with Crippen molar-refractivity contribution in [1.29, 1.82) is 0 Å². The summed E-state index contributed by atoms with van der Waals surface area (Å²) in [6.07, 6.45) is 3.34. The number of hydrogen-bond donors (Lipinski definition) is 1. The second-order valence-corrected chi connectivity index (χ2v) is 2.74. The third kappa shape index (κ3) is 1.98. The Morgan fingerprint density at radius 3 is 3.09 bits per heavy atom. The Bertz CT molecular complexity index is 258. The topological polar surface area (TPSA) is 63.3 Å². The molecule has 0 aliphatic rings. The Labute approximate surface area is 67.6 Å². The highest BCUT2D eigenvalue weighted by Gasteiger charge is 2.09. The molecule has 0 atom stereocenters. The second-order valence-electron chi connectivity index (χ2n) is 1.87. The third-order valence-electron chi connectivity index (χ3n) is 1.02. The predicted molar refractivity (Wildman–Crippen MR) is 40.7 cm³/mol. The zero-order valence-electron chi connectivity index (χ0n) is 5.90. The summed E-state index contributed by atoms with van der Waals surface area (Å²) in [5.41, 5.74) is 0. The first-order chi connectivity index (χ1) is 5.24. The van der Waals surface area contributed by atoms with Gasteiger partial charge in [-0.2, -0.15) is 11.8 Å². The first-order valence-electron chi connectivity index (χ1n) is 2.91. The van der Waals surface area contributed by atoms with Crippen LogP contribution in [0.4, 0.5) is 0 Å². The van der Waals surface area contributed by atoms with E-state index in [1.165, 1.54) is 6.20 Å². The lowest BCUT2D eigenvalue weighted by Crippen LogP contribution is -1.94. The number of oxazole rings is 1. The molecule has 0 aliphatic carbocycles. The molecule has 0 bridgehead atoms. The number of nitrogens with zero attached hydrogens (tertiary/aromatic N) is 1. The summed E-state index contributed by atoms with van der Waals surface area (Å²) in [7, 11) is 0. The van der Waals surface area contributed by atoms with E-state index in [0.717, 1.165) is 0 Å². The Kier molecular flexibility index (Phi) is 2.53. The molecule has 0 saturated carbocycles. The molecule has 1 aromatic heterocycles. The average Bonchev–Trinajstić information content (AvgIpc) is 2.37. The fraction of sp³-hybridized carbons (Fsp3) is 0.333. The van der Waals surface area contributed by atoms with E-state index in [1.807, 2.05) is 6.26 Å². The maximum Gasteiger partial charge on any atom is 0.392 e. The smallest absolute Gasteiger partial charge is 0.392 e. The fourth-order valence-corrected chi connectivity index (χ4v) is 1.03. The number of rotatable bonds is 3. The zero-order valence-corrected chi connectivity index (χ0v) is 6.72. The van der Waals surface area contributed by atoms with Crippen molar-refractivity contribution in [1.82, 2.24) is 4.98 Å². The maximum absolute atomic E-state index is 10.3. The Balaban J connectivity index is 2.73. The molecule has 0 saturated heterocycles. The largest absolute Gasteiger partial charge is 0.474 e. The van der Waals surface area contributed by atoms with Crippen LogP contribution in [0.5, 0.6) is 0 Å². The van der Waals surface area contributed by atoms with Crippen LogP contribution < -0.4 is 0 Å². The zero-order chi connectivity index (χ0) is 8.27. The van der Waals surface area contributed by atoms with E-state index in [2.05, 4.69) is 4.98 Å². The summed E-state index contributed by atoms with van der Waals surface area (Å²) >= 11 is 1.55. The van der Waals surface area contributed by atoms with Gasteiger partial charge in [-0.25, -0.2) is 9.78 Å². The lowest BCUT2D eigenvalue weighted by atomic mass is 10.6. The molecule has 0 spiro atoms. The number of carbonyl (C=O) groups is 1. The Morgan fingerprint density at radius 2 is 2.64 bits per heavy atom. The number of aromatic carboxylic acids is 1. The van der Waals surface area contributed by atoms with Crippen LogP contribution in [0.3, 0.4) is 0 Å². The van der Waals surface area contributed by atoms with E-state index in [1.54, 1.807) is 11.8 Å². The van der Waals surface area contributed by atoms with Gasteiger partial charge in [-0.3, -0.25) is 0 Å². The van der Waals surface area contributed by atoms with Gasteiger partial charge in [0, 0.05) is 0 Å². The van der Waals surface area contributed by atoms with Crippen molar-refractivity contribution in [2.75, 3.05) is 6.26 Å². The van der Waals surface area contributed by atoms with Crippen molar-refractivity contribution in [2.24, 2.45) is 0 Å². The summed E-state index contributed by atoms with van der Waals surface area (Å²) in [6.45, 7) is 0. The van der Waals surface area contributed by atoms with Gasteiger partial charge in [0.2, 0.25) is 0 Å². The standard InChI is InChI=1S/C6H7NO3S/c1-11-3-4-2-7-5(10-4)6(8)9/h2H,3H2,1H3,(H,8,9). The molecule has 1 rings (SSSR count). The van der Waals surface area contributed by atoms with Crippen molar-refractivity contribution in [3.63, 3.8) is 0 Å². The van der Waals surface area contributed by atoms with Gasteiger partial charge in [-0.15, -0.1) is 0 Å². The van der Waals surface area contributed by atoms with Crippen LogP contribution in [0.2, 0.25) is 0 Å². The van der Waals surface area contributed by atoms with Crippen molar-refractivity contribution in [3.05, 3.63) is 17.8 Å². The molecule has 1 heterocycles. The average molecular weight is 173 g/mol. The molecule has 0 unspecified atom stereocenters. The van der Waals surface area contributed by atoms with Gasteiger partial charge >= 0.3 is 11.9 Å². The fourth-order valence-electron chi connectivity index (χ4n) is 0.615. The SMILES string of the molecule is CSCc1cnc(C(=O)O)o1. The molecule has 1 aromatic rings. The monoisotopic (exact) mass is 173 g/mol. The lowest BCUT2D eigenvalue weighted by molar-refractivity contribution is 0.0652. The maximum atomic E-state index is 10.3. The first kappa shape index (κ1) is 8.13. The van der Waals surface area contributed by atoms with E-state index in [-0.39, 0.29) is 5.89 Å². The number of aromatic nitrogens is 1. The summed E-state index contributed by atoms with van der Waals surface area (Å²) in [6, 6.07) is 0. The van der Waals surface area contributed by atoms with Gasteiger partial charge in [0.25, 0.3) is 0 Å². The minimum Gasteiger partial charge on any atom is -0.474 e. The number of hydrogen-bond acceptors (Lipinski definition) is 4. The highest BCUT2D eigenvalue weighted by atomic mass is 32.2. The van der Waals surface area contributed by atoms with E-state index in [4.69, 9.17) is 9.52 Å². The van der Waals surface area contributed by atoms with Crippen LogP contribution in [0.15, 0.2) is 10.6 Å². The summed E-state index contributed by atoms with van der Waals surface area (Å²) < 4.78 is 4.85. The van der Waals surface area contributed by atoms with Crippen LogP contribution in [0.25, 0.3) is 0 Å². The van der Waals surface area contributed by atoms with Gasteiger partial charge in [0.05, 0.1) is 11.9 Å². The number of carboxylic acids is 1. The lowest BCUT2D eigenvalue weighted by Gasteiger charge is -1.87. The highest BCUT2D eigenvalue weighted by molar-refractivity contribution is 7.97. The summed E-state index contributed by atoms with van der Waals surface area (Å²) in [5.74, 6) is -0.124. The molecule has 0 aromatic carbocycles. The van der Waals surface area contributed by atoms with Gasteiger partial charge in [0.1, 0.15) is 5.76 Å². The molecule has 1 N–H and O–H groups in total. The predicted octanol–water partition coefficient (Wildman–Crippen LogP) is 1.24. The molecule has 4 nitrogen and oxygen atoms in total. The minimum atomic E-state index is -1.13. The molecule has 0 fully saturated rings. The van der Waals surface area contributed by atoms with Gasteiger partial charge in [-0.1, -0.05) is 0 Å².